The van der Waals surface area contributed by atoms with Crippen LogP contribution in [-0.2, 0) is 0 Å². The van der Waals surface area contributed by atoms with E-state index in [1.807, 2.05) is 0 Å². The average molecular weight is 493 g/mol. The monoisotopic (exact) mass is 493 g/mol. The van der Waals surface area contributed by atoms with Crippen molar-refractivity contribution in [3.8, 4) is 17.2 Å². The molecule has 1 saturated heterocycles. The van der Waals surface area contributed by atoms with Gasteiger partial charge in [-0.05, 0) is 48.5 Å². The average Bonchev–Trinajstić information content (AvgIpc) is 3.30. The second kappa shape index (κ2) is 10.4. The van der Waals surface area contributed by atoms with Gasteiger partial charge in [-0.1, -0.05) is 12.1 Å². The van der Waals surface area contributed by atoms with Gasteiger partial charge in [0.2, 0.25) is 0 Å². The number of methoxy groups -OCH3 is 1. The van der Waals surface area contributed by atoms with Gasteiger partial charge in [-0.2, -0.15) is 0 Å². The van der Waals surface area contributed by atoms with Crippen molar-refractivity contribution in [1.82, 2.24) is 16.0 Å². The minimum atomic E-state index is -0.974. The molecule has 4 rings (SSSR count). The highest BCUT2D eigenvalue weighted by Crippen LogP contribution is 2.30. The number of phenolic OH excluding ortho intramolecular Hbond substituents is 2. The van der Waals surface area contributed by atoms with Crippen molar-refractivity contribution >= 4 is 17.6 Å². The normalized spacial score (nSPS) is 16.8. The summed E-state index contributed by atoms with van der Waals surface area (Å²) in [7, 11) is 1.25. The van der Waals surface area contributed by atoms with Gasteiger partial charge in [0.1, 0.15) is 17.1 Å². The Morgan fingerprint density at radius 1 is 0.833 bits per heavy atom. The fraction of sp³-hybridized carbons (Fsp3) is 0.192. The number of nitrogens with one attached hydrogen (secondary N) is 3. The molecule has 3 aromatic rings. The van der Waals surface area contributed by atoms with Crippen molar-refractivity contribution in [2.24, 2.45) is 0 Å². The van der Waals surface area contributed by atoms with E-state index in [1.165, 1.54) is 67.8 Å². The molecule has 10 heteroatoms. The minimum Gasteiger partial charge on any atom is -0.508 e. The van der Waals surface area contributed by atoms with E-state index in [-0.39, 0.29) is 40.6 Å². The second-order valence-corrected chi connectivity index (χ2v) is 8.25. The molecule has 36 heavy (non-hydrogen) atoms. The number of hydrogen-bond donors (Lipinski definition) is 5. The van der Waals surface area contributed by atoms with Gasteiger partial charge in [0.15, 0.2) is 17.3 Å². The lowest BCUT2D eigenvalue weighted by molar-refractivity contribution is 0.0896. The number of amides is 2. The Balaban J connectivity index is 1.42. The van der Waals surface area contributed by atoms with E-state index in [0.29, 0.717) is 18.7 Å². The van der Waals surface area contributed by atoms with Gasteiger partial charge in [0.05, 0.1) is 19.2 Å². The first-order valence-corrected chi connectivity index (χ1v) is 11.1. The number of aromatic hydroxyl groups is 2. The fourth-order valence-corrected chi connectivity index (χ4v) is 3.94. The first-order chi connectivity index (χ1) is 17.3. The number of carbonyl (C=O) groups excluding carboxylic acids is 3. The Kier molecular flexibility index (Phi) is 7.16. The van der Waals surface area contributed by atoms with Crippen LogP contribution in [0.2, 0.25) is 0 Å². The van der Waals surface area contributed by atoms with Crippen LogP contribution in [0.15, 0.2) is 60.7 Å². The van der Waals surface area contributed by atoms with Gasteiger partial charge in [-0.15, -0.1) is 0 Å². The van der Waals surface area contributed by atoms with Gasteiger partial charge in [-0.3, -0.25) is 14.4 Å². The van der Waals surface area contributed by atoms with Gasteiger partial charge in [0.25, 0.3) is 11.8 Å². The molecular weight excluding hydrogens is 469 g/mol. The first-order valence-electron chi connectivity index (χ1n) is 11.1. The minimum absolute atomic E-state index is 0.0531. The maximum absolute atomic E-state index is 14.5. The van der Waals surface area contributed by atoms with Crippen molar-refractivity contribution < 1.29 is 33.7 Å². The van der Waals surface area contributed by atoms with Crippen molar-refractivity contribution in [2.45, 2.75) is 12.1 Å². The molecule has 3 aromatic carbocycles. The van der Waals surface area contributed by atoms with Crippen molar-refractivity contribution in [3.63, 3.8) is 0 Å². The summed E-state index contributed by atoms with van der Waals surface area (Å²) >= 11 is 0. The Bertz CT molecular complexity index is 1290. The SMILES string of the molecule is COc1ccc(O)c(C(=O)c2ccc(C(=O)NC3CNC[C@H]3NC(=O)c3ccc(O)cc3)cc2)c1F. The third-order valence-electron chi connectivity index (χ3n) is 5.92. The summed E-state index contributed by atoms with van der Waals surface area (Å²) in [4.78, 5) is 38.1. The van der Waals surface area contributed by atoms with Crippen LogP contribution in [0.4, 0.5) is 4.39 Å². The summed E-state index contributed by atoms with van der Waals surface area (Å²) < 4.78 is 19.4. The Morgan fingerprint density at radius 3 is 1.86 bits per heavy atom. The molecule has 9 nitrogen and oxygen atoms in total. The predicted octanol–water partition coefficient (Wildman–Crippen LogP) is 1.98. The van der Waals surface area contributed by atoms with Gasteiger partial charge >= 0.3 is 0 Å². The van der Waals surface area contributed by atoms with Crippen molar-refractivity contribution in [1.29, 1.82) is 0 Å². The highest BCUT2D eigenvalue weighted by Gasteiger charge is 2.30. The summed E-state index contributed by atoms with van der Waals surface area (Å²) in [6.45, 7) is 0.898. The standard InChI is InChI=1S/C26H24FN3O6/c1-36-21-11-10-20(32)22(23(21)27)24(33)14-2-4-15(5-3-14)25(34)29-18-12-28-13-19(18)30-26(35)16-6-8-17(31)9-7-16/h2-11,18-19,28,31-32H,12-13H2,1H3,(H,29,34)(H,30,35)/t18?,19-/m1/s1. The maximum Gasteiger partial charge on any atom is 0.251 e. The number of halogens is 1. The molecule has 1 aliphatic heterocycles. The van der Waals surface area contributed by atoms with Crippen LogP contribution in [0.25, 0.3) is 0 Å². The molecule has 1 fully saturated rings. The highest BCUT2D eigenvalue weighted by molar-refractivity contribution is 6.11. The van der Waals surface area contributed by atoms with Gasteiger partial charge < -0.3 is 30.9 Å². The maximum atomic E-state index is 14.5. The van der Waals surface area contributed by atoms with Crippen LogP contribution < -0.4 is 20.7 Å². The molecule has 186 valence electrons. The smallest absolute Gasteiger partial charge is 0.251 e. The van der Waals surface area contributed by atoms with Crippen LogP contribution in [0.5, 0.6) is 17.2 Å². The lowest BCUT2D eigenvalue weighted by Crippen LogP contribution is -2.51. The van der Waals surface area contributed by atoms with Crippen molar-refractivity contribution in [3.05, 3.63) is 88.7 Å². The largest absolute Gasteiger partial charge is 0.508 e. The summed E-state index contributed by atoms with van der Waals surface area (Å²) in [5.41, 5.74) is 0.201. The predicted molar refractivity (Wildman–Crippen MR) is 128 cm³/mol. The number of ether oxygens (including phenoxy) is 1. The van der Waals surface area contributed by atoms with E-state index >= 15 is 0 Å². The molecule has 0 radical (unpaired) electrons. The van der Waals surface area contributed by atoms with Crippen LogP contribution in [-0.4, -0.2) is 60.1 Å². The number of carbonyl (C=O) groups is 3. The van der Waals surface area contributed by atoms with E-state index < -0.39 is 28.8 Å². The van der Waals surface area contributed by atoms with E-state index in [1.54, 1.807) is 0 Å². The van der Waals surface area contributed by atoms with E-state index in [0.717, 1.165) is 0 Å². The lowest BCUT2D eigenvalue weighted by atomic mass is 10.00. The van der Waals surface area contributed by atoms with E-state index in [2.05, 4.69) is 16.0 Å². The van der Waals surface area contributed by atoms with Gasteiger partial charge in [-0.25, -0.2) is 4.39 Å². The molecule has 5 N–H and O–H groups in total. The molecule has 2 amide bonds. The molecule has 0 saturated carbocycles. The number of rotatable bonds is 7. The highest BCUT2D eigenvalue weighted by atomic mass is 19.1. The number of hydrogen-bond acceptors (Lipinski definition) is 7. The second-order valence-electron chi connectivity index (χ2n) is 8.25. The number of phenols is 2. The molecule has 0 aromatic heterocycles. The zero-order chi connectivity index (χ0) is 25.8. The van der Waals surface area contributed by atoms with Crippen molar-refractivity contribution in [2.75, 3.05) is 20.2 Å². The summed E-state index contributed by atoms with van der Waals surface area (Å²) in [6, 6.07) is 13.0. The molecular formula is C26H24FN3O6. The summed E-state index contributed by atoms with van der Waals surface area (Å²) in [6.07, 6.45) is 0. The van der Waals surface area contributed by atoms with Crippen LogP contribution in [0.3, 0.4) is 0 Å². The summed E-state index contributed by atoms with van der Waals surface area (Å²) in [5.74, 6) is -3.12. The van der Waals surface area contributed by atoms with Crippen LogP contribution >= 0.6 is 0 Å². The Labute approximate surface area is 205 Å². The fourth-order valence-electron chi connectivity index (χ4n) is 3.94. The van der Waals surface area contributed by atoms with Crippen LogP contribution in [0, 0.1) is 5.82 Å². The molecule has 0 aliphatic carbocycles. The van der Waals surface area contributed by atoms with Gasteiger partial charge in [0, 0.05) is 29.8 Å². The quantitative estimate of drug-likeness (QED) is 0.318. The first kappa shape index (κ1) is 24.7. The summed E-state index contributed by atoms with van der Waals surface area (Å²) in [5, 5.41) is 28.2. The molecule has 0 spiro atoms. The number of benzene rings is 3. The van der Waals surface area contributed by atoms with E-state index in [9.17, 15) is 29.0 Å². The Hall–Kier alpha value is -4.44. The third kappa shape index (κ3) is 5.13. The molecule has 1 aliphatic rings. The third-order valence-corrected chi connectivity index (χ3v) is 5.92. The number of ketones is 1. The topological polar surface area (TPSA) is 137 Å². The van der Waals surface area contributed by atoms with Crippen LogP contribution in [0.1, 0.15) is 36.6 Å². The Morgan fingerprint density at radius 2 is 1.33 bits per heavy atom. The lowest BCUT2D eigenvalue weighted by Gasteiger charge is -2.21. The molecule has 1 heterocycles. The molecule has 2 atom stereocenters. The van der Waals surface area contributed by atoms with E-state index in [4.69, 9.17) is 4.74 Å². The zero-order valence-electron chi connectivity index (χ0n) is 19.2. The molecule has 1 unspecified atom stereocenters. The zero-order valence-corrected chi connectivity index (χ0v) is 19.2. The molecule has 0 bridgehead atoms.